The lowest BCUT2D eigenvalue weighted by atomic mass is 9.95. The molecule has 4 rings (SSSR count). The van der Waals surface area contributed by atoms with Crippen molar-refractivity contribution in [1.82, 2.24) is 20.3 Å². The van der Waals surface area contributed by atoms with Crippen LogP contribution in [0.25, 0.3) is 0 Å². The first-order chi connectivity index (χ1) is 12.0. The maximum atomic E-state index is 12.4. The monoisotopic (exact) mass is 348 g/mol. The van der Waals surface area contributed by atoms with Crippen LogP contribution in [-0.2, 0) is 11.3 Å². The molecular formula is C17H24N4O4. The van der Waals surface area contributed by atoms with Crippen LogP contribution < -0.4 is 5.32 Å². The van der Waals surface area contributed by atoms with Crippen LogP contribution in [0.5, 0.6) is 0 Å². The smallest absolute Gasteiger partial charge is 0.410 e. The molecule has 1 aromatic rings. The second-order valence-corrected chi connectivity index (χ2v) is 7.40. The molecule has 25 heavy (non-hydrogen) atoms. The van der Waals surface area contributed by atoms with Crippen molar-refractivity contribution < 1.29 is 18.8 Å². The molecule has 1 saturated carbocycles. The first-order valence-electron chi connectivity index (χ1n) is 8.97. The standard InChI is InChI=1S/C17H24N4O4/c1-20-11-17(24-16(20)23)5-2-7-21(8-6-17)15(22)18-10-13-9-14(25-19-13)12-3-4-12/h9,12H,2-8,10-11H2,1H3,(H,18,22). The average Bonchev–Trinajstić information content (AvgIpc) is 3.30. The molecule has 3 aliphatic rings. The Bertz CT molecular complexity index is 671. The number of amides is 3. The molecule has 8 heteroatoms. The van der Waals surface area contributed by atoms with Gasteiger partial charge in [-0.05, 0) is 25.7 Å². The number of rotatable bonds is 3. The van der Waals surface area contributed by atoms with Crippen LogP contribution in [0.2, 0.25) is 0 Å². The summed E-state index contributed by atoms with van der Waals surface area (Å²) < 4.78 is 10.9. The molecule has 0 aromatic carbocycles. The maximum absolute atomic E-state index is 12.4. The van der Waals surface area contributed by atoms with Gasteiger partial charge < -0.3 is 24.4 Å². The van der Waals surface area contributed by atoms with Crippen molar-refractivity contribution in [3.8, 4) is 0 Å². The molecular weight excluding hydrogens is 324 g/mol. The predicted octanol–water partition coefficient (Wildman–Crippen LogP) is 2.07. The number of likely N-dealkylation sites (N-methyl/N-ethyl adjacent to an activating group) is 1. The normalized spacial score (nSPS) is 26.7. The van der Waals surface area contributed by atoms with Crippen LogP contribution in [0.15, 0.2) is 10.6 Å². The number of hydrogen-bond acceptors (Lipinski definition) is 5. The Hall–Kier alpha value is -2.25. The first-order valence-corrected chi connectivity index (χ1v) is 8.97. The molecule has 3 amide bonds. The summed E-state index contributed by atoms with van der Waals surface area (Å²) in [5, 5.41) is 6.93. The zero-order valence-corrected chi connectivity index (χ0v) is 14.5. The lowest BCUT2D eigenvalue weighted by molar-refractivity contribution is 0.0453. The topological polar surface area (TPSA) is 87.9 Å². The van der Waals surface area contributed by atoms with E-state index in [2.05, 4.69) is 10.5 Å². The van der Waals surface area contributed by atoms with E-state index in [0.29, 0.717) is 38.5 Å². The van der Waals surface area contributed by atoms with Crippen LogP contribution in [0.1, 0.15) is 49.5 Å². The highest BCUT2D eigenvalue weighted by Gasteiger charge is 2.44. The van der Waals surface area contributed by atoms with Crippen LogP contribution >= 0.6 is 0 Å². The largest absolute Gasteiger partial charge is 0.441 e. The van der Waals surface area contributed by atoms with Gasteiger partial charge in [-0.15, -0.1) is 0 Å². The van der Waals surface area contributed by atoms with Crippen molar-refractivity contribution in [1.29, 1.82) is 0 Å². The van der Waals surface area contributed by atoms with E-state index in [9.17, 15) is 9.59 Å². The van der Waals surface area contributed by atoms with Crippen LogP contribution in [0, 0.1) is 0 Å². The van der Waals surface area contributed by atoms with E-state index in [1.54, 1.807) is 16.8 Å². The summed E-state index contributed by atoms with van der Waals surface area (Å²) in [7, 11) is 1.75. The van der Waals surface area contributed by atoms with E-state index >= 15 is 0 Å². The molecule has 2 aliphatic heterocycles. The maximum Gasteiger partial charge on any atom is 0.410 e. The van der Waals surface area contributed by atoms with E-state index in [0.717, 1.165) is 37.1 Å². The molecule has 1 N–H and O–H groups in total. The quantitative estimate of drug-likeness (QED) is 0.903. The third-order valence-electron chi connectivity index (χ3n) is 5.30. The minimum atomic E-state index is -0.438. The van der Waals surface area contributed by atoms with E-state index in [4.69, 9.17) is 9.26 Å². The van der Waals surface area contributed by atoms with Crippen molar-refractivity contribution >= 4 is 12.1 Å². The van der Waals surface area contributed by atoms with Crippen molar-refractivity contribution in [2.45, 2.75) is 50.2 Å². The summed E-state index contributed by atoms with van der Waals surface area (Å²) in [6.45, 7) is 2.22. The lowest BCUT2D eigenvalue weighted by Crippen LogP contribution is -2.41. The Morgan fingerprint density at radius 2 is 2.24 bits per heavy atom. The number of nitrogens with zero attached hydrogens (tertiary/aromatic N) is 3. The minimum absolute atomic E-state index is 0.106. The van der Waals surface area contributed by atoms with Gasteiger partial charge in [-0.2, -0.15) is 0 Å². The van der Waals surface area contributed by atoms with Gasteiger partial charge >= 0.3 is 12.1 Å². The van der Waals surface area contributed by atoms with Crippen molar-refractivity contribution in [2.75, 3.05) is 26.7 Å². The number of likely N-dealkylation sites (tertiary alicyclic amines) is 1. The molecule has 136 valence electrons. The molecule has 1 aromatic heterocycles. The molecule has 8 nitrogen and oxygen atoms in total. The minimum Gasteiger partial charge on any atom is -0.441 e. The Balaban J connectivity index is 1.29. The molecule has 1 atom stereocenters. The molecule has 1 spiro atoms. The summed E-state index contributed by atoms with van der Waals surface area (Å²) in [5.74, 6) is 1.44. The molecule has 1 aliphatic carbocycles. The fourth-order valence-electron chi connectivity index (χ4n) is 3.67. The van der Waals surface area contributed by atoms with Crippen LogP contribution in [0.4, 0.5) is 9.59 Å². The zero-order chi connectivity index (χ0) is 17.4. The first kappa shape index (κ1) is 16.2. The van der Waals surface area contributed by atoms with Gasteiger partial charge in [-0.1, -0.05) is 5.16 Å². The highest BCUT2D eigenvalue weighted by atomic mass is 16.6. The third-order valence-corrected chi connectivity index (χ3v) is 5.30. The van der Waals surface area contributed by atoms with E-state index in [1.807, 2.05) is 6.07 Å². The number of ether oxygens (including phenoxy) is 1. The summed E-state index contributed by atoms with van der Waals surface area (Å²) in [6.07, 6.45) is 4.35. The summed E-state index contributed by atoms with van der Waals surface area (Å²) >= 11 is 0. The van der Waals surface area contributed by atoms with Crippen LogP contribution in [-0.4, -0.2) is 59.4 Å². The van der Waals surface area contributed by atoms with Crippen molar-refractivity contribution in [3.05, 3.63) is 17.5 Å². The number of nitrogens with one attached hydrogen (secondary N) is 1. The van der Waals surface area contributed by atoms with Gasteiger partial charge in [-0.3, -0.25) is 0 Å². The second kappa shape index (κ2) is 6.24. The average molecular weight is 348 g/mol. The highest BCUT2D eigenvalue weighted by Crippen LogP contribution is 2.40. The number of aromatic nitrogens is 1. The van der Waals surface area contributed by atoms with Gasteiger partial charge in [0.2, 0.25) is 0 Å². The summed E-state index contributed by atoms with van der Waals surface area (Å²) in [5.41, 5.74) is 0.319. The predicted molar refractivity (Wildman–Crippen MR) is 88.0 cm³/mol. The Kier molecular flexibility index (Phi) is 4.05. The van der Waals surface area contributed by atoms with Gasteiger partial charge in [0.15, 0.2) is 0 Å². The molecule has 3 fully saturated rings. The van der Waals surface area contributed by atoms with Crippen LogP contribution in [0.3, 0.4) is 0 Å². The van der Waals surface area contributed by atoms with Gasteiger partial charge in [0, 0.05) is 38.5 Å². The second-order valence-electron chi connectivity index (χ2n) is 7.40. The van der Waals surface area contributed by atoms with Gasteiger partial charge in [0.25, 0.3) is 0 Å². The summed E-state index contributed by atoms with van der Waals surface area (Å²) in [4.78, 5) is 27.5. The summed E-state index contributed by atoms with van der Waals surface area (Å²) in [6, 6.07) is 1.83. The fourth-order valence-corrected chi connectivity index (χ4v) is 3.67. The van der Waals surface area contributed by atoms with E-state index in [-0.39, 0.29) is 12.1 Å². The third kappa shape index (κ3) is 3.43. The Labute approximate surface area is 146 Å². The molecule has 2 saturated heterocycles. The fraction of sp³-hybridized carbons (Fsp3) is 0.706. The molecule has 0 radical (unpaired) electrons. The number of carbonyl (C=O) groups is 2. The Morgan fingerprint density at radius 1 is 1.40 bits per heavy atom. The van der Waals surface area contributed by atoms with Crippen molar-refractivity contribution in [2.24, 2.45) is 0 Å². The van der Waals surface area contributed by atoms with E-state index in [1.165, 1.54) is 0 Å². The number of hydrogen-bond donors (Lipinski definition) is 1. The SMILES string of the molecule is CN1CC2(CCCN(C(=O)NCc3cc(C4CC4)on3)CC2)OC1=O. The van der Waals surface area contributed by atoms with Gasteiger partial charge in [-0.25, -0.2) is 9.59 Å². The lowest BCUT2D eigenvalue weighted by Gasteiger charge is -2.25. The highest BCUT2D eigenvalue weighted by molar-refractivity contribution is 5.74. The van der Waals surface area contributed by atoms with E-state index < -0.39 is 5.60 Å². The van der Waals surface area contributed by atoms with Gasteiger partial charge in [0.1, 0.15) is 17.1 Å². The van der Waals surface area contributed by atoms with Crippen molar-refractivity contribution in [3.63, 3.8) is 0 Å². The van der Waals surface area contributed by atoms with Gasteiger partial charge in [0.05, 0.1) is 13.1 Å². The molecule has 3 heterocycles. The molecule has 1 unspecified atom stereocenters. The number of carbonyl (C=O) groups excluding carboxylic acids is 2. The molecule has 0 bridgehead atoms. The Morgan fingerprint density at radius 3 is 2.96 bits per heavy atom. The zero-order valence-electron chi connectivity index (χ0n) is 14.5. The number of urea groups is 1.